The first-order chi connectivity index (χ1) is 10.3. The number of carbonyl (C=O) groups is 1. The zero-order valence-electron chi connectivity index (χ0n) is 12.8. The first kappa shape index (κ1) is 13.8. The summed E-state index contributed by atoms with van der Waals surface area (Å²) in [4.78, 5) is 17.7. The Balaban J connectivity index is 1.54. The van der Waals surface area contributed by atoms with Crippen LogP contribution in [0.25, 0.3) is 0 Å². The highest BCUT2D eigenvalue weighted by Crippen LogP contribution is 2.37. The highest BCUT2D eigenvalue weighted by Gasteiger charge is 2.36. The minimum atomic E-state index is 0.337. The largest absolute Gasteiger partial charge is 0.335 e. The molecule has 0 spiro atoms. The van der Waals surface area contributed by atoms with Crippen LogP contribution in [0.15, 0.2) is 6.07 Å². The quantitative estimate of drug-likeness (QED) is 0.792. The summed E-state index contributed by atoms with van der Waals surface area (Å²) in [5.41, 5.74) is 1.46. The van der Waals surface area contributed by atoms with E-state index in [9.17, 15) is 4.79 Å². The number of fused-ring (bicyclic) bond motifs is 1. The first-order valence-electron chi connectivity index (χ1n) is 8.75. The Labute approximate surface area is 131 Å². The molecule has 1 saturated heterocycles. The minimum absolute atomic E-state index is 0.337. The van der Waals surface area contributed by atoms with Crippen molar-refractivity contribution < 1.29 is 4.79 Å². The first-order valence-corrected chi connectivity index (χ1v) is 9.57. The maximum Gasteiger partial charge on any atom is 0.264 e. The van der Waals surface area contributed by atoms with Crippen LogP contribution >= 0.6 is 11.3 Å². The Kier molecular flexibility index (Phi) is 3.78. The van der Waals surface area contributed by atoms with E-state index in [1.807, 2.05) is 0 Å². The van der Waals surface area contributed by atoms with Crippen molar-refractivity contribution in [3.63, 3.8) is 0 Å². The highest BCUT2D eigenvalue weighted by atomic mass is 32.1. The maximum absolute atomic E-state index is 13.0. The van der Waals surface area contributed by atoms with Gasteiger partial charge in [-0.1, -0.05) is 12.8 Å². The predicted molar refractivity (Wildman–Crippen MR) is 87.0 cm³/mol. The molecule has 1 aromatic heterocycles. The van der Waals surface area contributed by atoms with E-state index in [-0.39, 0.29) is 0 Å². The van der Waals surface area contributed by atoms with Crippen LogP contribution in [0, 0.1) is 5.92 Å². The van der Waals surface area contributed by atoms with Crippen molar-refractivity contribution in [2.24, 2.45) is 5.92 Å². The van der Waals surface area contributed by atoms with Gasteiger partial charge in [0.05, 0.1) is 4.88 Å². The van der Waals surface area contributed by atoms with Crippen molar-refractivity contribution in [1.82, 2.24) is 4.90 Å². The van der Waals surface area contributed by atoms with Crippen LogP contribution in [-0.4, -0.2) is 23.4 Å². The Morgan fingerprint density at radius 2 is 1.86 bits per heavy atom. The third kappa shape index (κ3) is 2.54. The van der Waals surface area contributed by atoms with Crippen LogP contribution in [-0.2, 0) is 12.8 Å². The number of rotatable bonds is 2. The third-order valence-corrected chi connectivity index (χ3v) is 6.94. The summed E-state index contributed by atoms with van der Waals surface area (Å²) in [6, 6.07) is 2.75. The lowest BCUT2D eigenvalue weighted by Crippen LogP contribution is -2.39. The van der Waals surface area contributed by atoms with Crippen LogP contribution in [0.4, 0.5) is 0 Å². The summed E-state index contributed by atoms with van der Waals surface area (Å²) in [5.74, 6) is 1.12. The molecule has 21 heavy (non-hydrogen) atoms. The summed E-state index contributed by atoms with van der Waals surface area (Å²) < 4.78 is 0. The fraction of sp³-hybridized carbons (Fsp3) is 0.722. The second-order valence-corrected chi connectivity index (χ2v) is 8.16. The van der Waals surface area contributed by atoms with Crippen LogP contribution < -0.4 is 0 Å². The van der Waals surface area contributed by atoms with Gasteiger partial charge in [-0.25, -0.2) is 0 Å². The molecule has 0 radical (unpaired) electrons. The summed E-state index contributed by atoms with van der Waals surface area (Å²) in [6.45, 7) is 0.989. The molecule has 2 fully saturated rings. The Morgan fingerprint density at radius 3 is 2.67 bits per heavy atom. The summed E-state index contributed by atoms with van der Waals surface area (Å²) in [7, 11) is 0. The molecule has 2 nitrogen and oxygen atoms in total. The van der Waals surface area contributed by atoms with E-state index >= 15 is 0 Å². The van der Waals surface area contributed by atoms with Crippen molar-refractivity contribution in [3.8, 4) is 0 Å². The van der Waals surface area contributed by atoms with Gasteiger partial charge in [-0.15, -0.1) is 11.3 Å². The Morgan fingerprint density at radius 1 is 1.05 bits per heavy atom. The number of nitrogens with zero attached hydrogens (tertiary/aromatic N) is 1. The highest BCUT2D eigenvalue weighted by molar-refractivity contribution is 7.14. The van der Waals surface area contributed by atoms with Gasteiger partial charge < -0.3 is 4.90 Å². The van der Waals surface area contributed by atoms with Gasteiger partial charge in [0.15, 0.2) is 0 Å². The summed E-state index contributed by atoms with van der Waals surface area (Å²) in [6.07, 6.45) is 12.9. The van der Waals surface area contributed by atoms with E-state index in [1.165, 1.54) is 74.6 Å². The normalized spacial score (nSPS) is 26.3. The van der Waals surface area contributed by atoms with Gasteiger partial charge in [-0.2, -0.15) is 0 Å². The van der Waals surface area contributed by atoms with Crippen molar-refractivity contribution in [2.45, 2.75) is 70.3 Å². The number of aryl methyl sites for hydroxylation is 2. The number of amides is 1. The molecule has 2 aliphatic carbocycles. The van der Waals surface area contributed by atoms with E-state index in [0.717, 1.165) is 17.3 Å². The van der Waals surface area contributed by atoms with Gasteiger partial charge >= 0.3 is 0 Å². The molecule has 3 heteroatoms. The average Bonchev–Trinajstić information content (AvgIpc) is 3.23. The smallest absolute Gasteiger partial charge is 0.264 e. The number of hydrogen-bond donors (Lipinski definition) is 0. The van der Waals surface area contributed by atoms with E-state index in [4.69, 9.17) is 0 Å². The molecule has 1 atom stereocenters. The van der Waals surface area contributed by atoms with Crippen molar-refractivity contribution >= 4 is 17.2 Å². The van der Waals surface area contributed by atoms with Gasteiger partial charge in [-0.3, -0.25) is 4.79 Å². The second-order valence-electron chi connectivity index (χ2n) is 7.02. The fourth-order valence-corrected chi connectivity index (χ4v) is 5.82. The van der Waals surface area contributed by atoms with Gasteiger partial charge in [0.2, 0.25) is 0 Å². The molecule has 0 N–H and O–H groups in total. The van der Waals surface area contributed by atoms with E-state index in [2.05, 4.69) is 11.0 Å². The van der Waals surface area contributed by atoms with Crippen LogP contribution in [0.1, 0.15) is 71.5 Å². The molecule has 0 aromatic carbocycles. The molecule has 4 rings (SSSR count). The Hall–Kier alpha value is -0.830. The molecule has 0 bridgehead atoms. The lowest BCUT2D eigenvalue weighted by molar-refractivity contribution is 0.0694. The predicted octanol–water partition coefficient (Wildman–Crippen LogP) is 4.42. The third-order valence-electron chi connectivity index (χ3n) is 5.71. The van der Waals surface area contributed by atoms with Gasteiger partial charge in [0.25, 0.3) is 5.91 Å². The average molecular weight is 303 g/mol. The van der Waals surface area contributed by atoms with Crippen molar-refractivity contribution in [2.75, 3.05) is 6.54 Å². The topological polar surface area (TPSA) is 20.3 Å². The molecule has 1 aliphatic heterocycles. The monoisotopic (exact) mass is 303 g/mol. The van der Waals surface area contributed by atoms with Gasteiger partial charge in [0.1, 0.15) is 0 Å². The van der Waals surface area contributed by atoms with Crippen LogP contribution in [0.2, 0.25) is 0 Å². The number of likely N-dealkylation sites (tertiary alicyclic amines) is 1. The van der Waals surface area contributed by atoms with Crippen molar-refractivity contribution in [1.29, 1.82) is 0 Å². The Bertz CT molecular complexity index is 506. The number of thiophene rings is 1. The molecule has 1 amide bonds. The van der Waals surface area contributed by atoms with Gasteiger partial charge in [0, 0.05) is 17.5 Å². The molecule has 1 unspecified atom stereocenters. The molecule has 1 aromatic rings. The lowest BCUT2D eigenvalue weighted by atomic mass is 9.96. The van der Waals surface area contributed by atoms with Crippen LogP contribution in [0.3, 0.4) is 0 Å². The minimum Gasteiger partial charge on any atom is -0.335 e. The lowest BCUT2D eigenvalue weighted by Gasteiger charge is -2.29. The number of carbonyl (C=O) groups excluding carboxylic acids is 1. The van der Waals surface area contributed by atoms with E-state index in [0.29, 0.717) is 11.9 Å². The maximum atomic E-state index is 13.0. The molecule has 1 saturated carbocycles. The summed E-state index contributed by atoms with van der Waals surface area (Å²) in [5, 5.41) is 0. The standard InChI is InChI=1S/C18H25NOS/c20-18(17-12-14-8-3-4-10-16(14)21-17)19-11-5-9-15(19)13-6-1-2-7-13/h12-13,15H,1-11H2. The molecular weight excluding hydrogens is 278 g/mol. The zero-order valence-corrected chi connectivity index (χ0v) is 13.6. The van der Waals surface area contributed by atoms with Crippen LogP contribution in [0.5, 0.6) is 0 Å². The second kappa shape index (κ2) is 5.75. The van der Waals surface area contributed by atoms with Gasteiger partial charge in [-0.05, 0) is 68.9 Å². The van der Waals surface area contributed by atoms with E-state index in [1.54, 1.807) is 11.3 Å². The molecule has 114 valence electrons. The van der Waals surface area contributed by atoms with Crippen molar-refractivity contribution in [3.05, 3.63) is 21.4 Å². The molecular formula is C18H25NOS. The number of hydrogen-bond acceptors (Lipinski definition) is 2. The zero-order chi connectivity index (χ0) is 14.2. The van der Waals surface area contributed by atoms with E-state index < -0.39 is 0 Å². The molecule has 3 aliphatic rings. The summed E-state index contributed by atoms with van der Waals surface area (Å²) >= 11 is 1.78. The fourth-order valence-electron chi connectivity index (χ4n) is 4.61. The SMILES string of the molecule is O=C(c1cc2c(s1)CCCC2)N1CCCC1C1CCCC1. The molecule has 2 heterocycles.